The fraction of sp³-hybridized carbons (Fsp3) is 0. The zero-order valence-corrected chi connectivity index (χ0v) is 31.2. The van der Waals surface area contributed by atoms with Crippen LogP contribution in [0.15, 0.2) is 224 Å². The van der Waals surface area contributed by atoms with Gasteiger partial charge in [-0.2, -0.15) is 0 Å². The van der Waals surface area contributed by atoms with Gasteiger partial charge in [-0.15, -0.1) is 0 Å². The van der Waals surface area contributed by atoms with Gasteiger partial charge in [-0.25, -0.2) is 0 Å². The normalized spacial score (nSPS) is 11.5. The van der Waals surface area contributed by atoms with Gasteiger partial charge in [0.2, 0.25) is 0 Å². The Balaban J connectivity index is 1.22. The Morgan fingerprint density at radius 2 is 0.860 bits per heavy atom. The molecule has 0 atom stereocenters. The van der Waals surface area contributed by atoms with Crippen molar-refractivity contribution in [2.75, 3.05) is 4.90 Å². The van der Waals surface area contributed by atoms with Crippen molar-refractivity contribution in [1.82, 2.24) is 9.13 Å². The predicted molar refractivity (Wildman–Crippen MR) is 241 cm³/mol. The summed E-state index contributed by atoms with van der Waals surface area (Å²) in [7, 11) is 0. The van der Waals surface area contributed by atoms with Crippen molar-refractivity contribution in [1.29, 1.82) is 0 Å². The van der Waals surface area contributed by atoms with E-state index in [1.54, 1.807) is 0 Å². The molecule has 3 heteroatoms. The predicted octanol–water partition coefficient (Wildman–Crippen LogP) is 14.7. The Bertz CT molecular complexity index is 3180. The van der Waals surface area contributed by atoms with Crippen molar-refractivity contribution in [3.63, 3.8) is 0 Å². The van der Waals surface area contributed by atoms with Crippen LogP contribution in [-0.4, -0.2) is 9.13 Å². The Kier molecular flexibility index (Phi) is 7.82. The standard InChI is InChI=1S/C54H37N3/c1-4-18-38(19-5-1)40-22-16-25-42(36-40)55(51-31-14-15-32-52(51)57-48-29-12-10-26-45(48)46-27-11-13-30-49(46)57)43-34-35-50-47(37-43)54-44(39-20-6-2-7-21-39)28-17-33-53(54)56(50)41-23-8-3-9-24-41/h1-37H. The van der Waals surface area contributed by atoms with Crippen LogP contribution in [0.3, 0.4) is 0 Å². The largest absolute Gasteiger partial charge is 0.309 e. The van der Waals surface area contributed by atoms with Gasteiger partial charge in [0.25, 0.3) is 0 Å². The number of para-hydroxylation sites is 5. The topological polar surface area (TPSA) is 13.1 Å². The van der Waals surface area contributed by atoms with Gasteiger partial charge in [-0.05, 0) is 95.1 Å². The molecule has 0 radical (unpaired) electrons. The molecule has 11 rings (SSSR count). The lowest BCUT2D eigenvalue weighted by atomic mass is 9.99. The van der Waals surface area contributed by atoms with E-state index in [2.05, 4.69) is 238 Å². The second kappa shape index (κ2) is 13.6. The monoisotopic (exact) mass is 727 g/mol. The van der Waals surface area contributed by atoms with Crippen LogP contribution >= 0.6 is 0 Å². The lowest BCUT2D eigenvalue weighted by Gasteiger charge is -2.29. The highest BCUT2D eigenvalue weighted by Gasteiger charge is 2.23. The van der Waals surface area contributed by atoms with Gasteiger partial charge >= 0.3 is 0 Å². The maximum atomic E-state index is 2.45. The molecule has 3 nitrogen and oxygen atoms in total. The van der Waals surface area contributed by atoms with Crippen LogP contribution in [-0.2, 0) is 0 Å². The summed E-state index contributed by atoms with van der Waals surface area (Å²) >= 11 is 0. The number of nitrogens with zero attached hydrogens (tertiary/aromatic N) is 3. The first-order valence-corrected chi connectivity index (χ1v) is 19.5. The van der Waals surface area contributed by atoms with Gasteiger partial charge in [-0.3, -0.25) is 0 Å². The number of hydrogen-bond donors (Lipinski definition) is 0. The van der Waals surface area contributed by atoms with Crippen LogP contribution in [0.25, 0.3) is 77.2 Å². The summed E-state index contributed by atoms with van der Waals surface area (Å²) in [6.45, 7) is 0. The molecule has 0 aliphatic heterocycles. The SMILES string of the molecule is c1ccc(-c2cccc(N(c3ccc4c(c3)c3c(-c5ccccc5)cccc3n4-c3ccccc3)c3ccccc3-n3c4ccccc4c4ccccc43)c2)cc1. The van der Waals surface area contributed by atoms with E-state index in [-0.39, 0.29) is 0 Å². The van der Waals surface area contributed by atoms with E-state index in [0.717, 1.165) is 34.0 Å². The summed E-state index contributed by atoms with van der Waals surface area (Å²) < 4.78 is 4.84. The number of rotatable bonds is 7. The average Bonchev–Trinajstić information content (AvgIpc) is 3.80. The Morgan fingerprint density at radius 1 is 0.316 bits per heavy atom. The fourth-order valence-electron chi connectivity index (χ4n) is 8.82. The molecule has 0 spiro atoms. The van der Waals surface area contributed by atoms with Crippen LogP contribution in [0.4, 0.5) is 17.1 Å². The lowest BCUT2D eigenvalue weighted by Crippen LogP contribution is -2.13. The first-order valence-electron chi connectivity index (χ1n) is 19.5. The number of benzene rings is 9. The van der Waals surface area contributed by atoms with E-state index in [4.69, 9.17) is 0 Å². The third kappa shape index (κ3) is 5.43. The van der Waals surface area contributed by atoms with E-state index in [1.807, 2.05) is 0 Å². The van der Waals surface area contributed by atoms with E-state index in [9.17, 15) is 0 Å². The minimum atomic E-state index is 1.08. The summed E-state index contributed by atoms with van der Waals surface area (Å²) in [6, 6.07) is 81.2. The van der Waals surface area contributed by atoms with Crippen molar-refractivity contribution in [3.05, 3.63) is 224 Å². The zero-order chi connectivity index (χ0) is 37.7. The highest BCUT2D eigenvalue weighted by molar-refractivity contribution is 6.17. The molecule has 0 fully saturated rings. The Labute approximate surface area is 331 Å². The van der Waals surface area contributed by atoms with Crippen molar-refractivity contribution in [3.8, 4) is 33.6 Å². The van der Waals surface area contributed by atoms with Gasteiger partial charge in [0, 0.05) is 38.6 Å². The molecule has 9 aromatic carbocycles. The molecule has 0 amide bonds. The first-order chi connectivity index (χ1) is 28.3. The van der Waals surface area contributed by atoms with Crippen molar-refractivity contribution in [2.45, 2.75) is 0 Å². The van der Waals surface area contributed by atoms with Gasteiger partial charge in [-0.1, -0.05) is 152 Å². The molecule has 268 valence electrons. The van der Waals surface area contributed by atoms with Crippen LogP contribution in [0.5, 0.6) is 0 Å². The quantitative estimate of drug-likeness (QED) is 0.159. The maximum Gasteiger partial charge on any atom is 0.0702 e. The molecule has 0 saturated heterocycles. The van der Waals surface area contributed by atoms with Crippen molar-refractivity contribution in [2.24, 2.45) is 0 Å². The zero-order valence-electron chi connectivity index (χ0n) is 31.2. The molecular weight excluding hydrogens is 691 g/mol. The molecule has 0 unspecified atom stereocenters. The van der Waals surface area contributed by atoms with E-state index in [1.165, 1.54) is 60.3 Å². The minimum absolute atomic E-state index is 1.08. The molecule has 2 aromatic heterocycles. The van der Waals surface area contributed by atoms with E-state index < -0.39 is 0 Å². The molecule has 0 bridgehead atoms. The minimum Gasteiger partial charge on any atom is -0.309 e. The number of aromatic nitrogens is 2. The molecule has 2 heterocycles. The lowest BCUT2D eigenvalue weighted by molar-refractivity contribution is 1.15. The highest BCUT2D eigenvalue weighted by Crippen LogP contribution is 2.45. The molecule has 57 heavy (non-hydrogen) atoms. The highest BCUT2D eigenvalue weighted by atomic mass is 15.2. The summed E-state index contributed by atoms with van der Waals surface area (Å²) in [5.41, 5.74) is 15.0. The summed E-state index contributed by atoms with van der Waals surface area (Å²) in [4.78, 5) is 2.45. The smallest absolute Gasteiger partial charge is 0.0702 e. The number of anilines is 3. The van der Waals surface area contributed by atoms with Gasteiger partial charge < -0.3 is 14.0 Å². The van der Waals surface area contributed by atoms with Gasteiger partial charge in [0.15, 0.2) is 0 Å². The molecule has 0 N–H and O–H groups in total. The second-order valence-corrected chi connectivity index (χ2v) is 14.5. The fourth-order valence-corrected chi connectivity index (χ4v) is 8.82. The molecular formula is C54H37N3. The number of hydrogen-bond acceptors (Lipinski definition) is 1. The van der Waals surface area contributed by atoms with Crippen molar-refractivity contribution >= 4 is 60.7 Å². The Morgan fingerprint density at radius 3 is 1.60 bits per heavy atom. The summed E-state index contributed by atoms with van der Waals surface area (Å²) in [6.07, 6.45) is 0. The average molecular weight is 728 g/mol. The molecule has 0 aliphatic carbocycles. The third-order valence-corrected chi connectivity index (χ3v) is 11.3. The second-order valence-electron chi connectivity index (χ2n) is 14.5. The third-order valence-electron chi connectivity index (χ3n) is 11.3. The van der Waals surface area contributed by atoms with Crippen LogP contribution in [0, 0.1) is 0 Å². The summed E-state index contributed by atoms with van der Waals surface area (Å²) in [5, 5.41) is 4.91. The molecule has 11 aromatic rings. The molecule has 0 aliphatic rings. The van der Waals surface area contributed by atoms with E-state index >= 15 is 0 Å². The van der Waals surface area contributed by atoms with Crippen LogP contribution < -0.4 is 4.90 Å². The first kappa shape index (κ1) is 32.8. The Hall–Kier alpha value is -7.62. The van der Waals surface area contributed by atoms with Crippen molar-refractivity contribution < 1.29 is 0 Å². The maximum absolute atomic E-state index is 2.45. The van der Waals surface area contributed by atoms with Gasteiger partial charge in [0.1, 0.15) is 0 Å². The van der Waals surface area contributed by atoms with Crippen LogP contribution in [0.1, 0.15) is 0 Å². The van der Waals surface area contributed by atoms with E-state index in [0.29, 0.717) is 0 Å². The van der Waals surface area contributed by atoms with Gasteiger partial charge in [0.05, 0.1) is 33.4 Å². The number of fused-ring (bicyclic) bond motifs is 6. The molecule has 0 saturated carbocycles. The summed E-state index contributed by atoms with van der Waals surface area (Å²) in [5.74, 6) is 0. The van der Waals surface area contributed by atoms with Crippen LogP contribution in [0.2, 0.25) is 0 Å².